The van der Waals surface area contributed by atoms with E-state index in [1.165, 1.54) is 36.7 Å². The Morgan fingerprint density at radius 2 is 1.95 bits per heavy atom. The van der Waals surface area contributed by atoms with Gasteiger partial charge in [-0.1, -0.05) is 12.1 Å². The lowest BCUT2D eigenvalue weighted by Crippen LogP contribution is -2.11. The van der Waals surface area contributed by atoms with Gasteiger partial charge < -0.3 is 4.74 Å². The second kappa shape index (κ2) is 6.57. The maximum Gasteiger partial charge on any atom is 0.387 e. The number of benzene rings is 1. The molecular formula is C15H10F2N2O2. The van der Waals surface area contributed by atoms with Gasteiger partial charge in [-0.3, -0.25) is 9.78 Å². The Bertz CT molecular complexity index is 652. The topological polar surface area (TPSA) is 63.0 Å². The molecule has 106 valence electrons. The number of halogens is 2. The molecule has 6 heteroatoms. The monoisotopic (exact) mass is 288 g/mol. The maximum atomic E-state index is 12.2. The number of ketones is 1. The quantitative estimate of drug-likeness (QED) is 0.793. The largest absolute Gasteiger partial charge is 0.435 e. The molecular weight excluding hydrogens is 278 g/mol. The lowest BCUT2D eigenvalue weighted by molar-refractivity contribution is -0.0498. The van der Waals surface area contributed by atoms with E-state index in [0.717, 1.165) is 0 Å². The van der Waals surface area contributed by atoms with Crippen molar-refractivity contribution in [1.29, 1.82) is 5.26 Å². The fourth-order valence-corrected chi connectivity index (χ4v) is 1.80. The van der Waals surface area contributed by atoms with Crippen molar-refractivity contribution in [3.05, 3.63) is 59.9 Å². The average molecular weight is 288 g/mol. The number of carbonyl (C=O) groups excluding carboxylic acids is 1. The van der Waals surface area contributed by atoms with Crippen LogP contribution in [-0.4, -0.2) is 17.4 Å². The van der Waals surface area contributed by atoms with E-state index in [1.807, 2.05) is 6.07 Å². The summed E-state index contributed by atoms with van der Waals surface area (Å²) in [6.07, 6.45) is 2.90. The molecule has 1 aromatic carbocycles. The molecule has 0 radical (unpaired) electrons. The highest BCUT2D eigenvalue weighted by Crippen LogP contribution is 2.23. The van der Waals surface area contributed by atoms with E-state index in [9.17, 15) is 18.8 Å². The summed E-state index contributed by atoms with van der Waals surface area (Å²) < 4.78 is 28.3. The SMILES string of the molecule is N#CC(C(=O)c1cccnc1)c1ccc(OC(F)F)cc1. The molecule has 0 aliphatic carbocycles. The van der Waals surface area contributed by atoms with Gasteiger partial charge >= 0.3 is 6.61 Å². The van der Waals surface area contributed by atoms with Gasteiger partial charge in [-0.2, -0.15) is 14.0 Å². The highest BCUT2D eigenvalue weighted by Gasteiger charge is 2.22. The van der Waals surface area contributed by atoms with E-state index in [2.05, 4.69) is 9.72 Å². The molecule has 1 aromatic heterocycles. The van der Waals surface area contributed by atoms with Crippen molar-refractivity contribution in [2.75, 3.05) is 0 Å². The van der Waals surface area contributed by atoms with Crippen LogP contribution in [0.25, 0.3) is 0 Å². The van der Waals surface area contributed by atoms with Gasteiger partial charge in [0.2, 0.25) is 0 Å². The summed E-state index contributed by atoms with van der Waals surface area (Å²) in [7, 11) is 0. The van der Waals surface area contributed by atoms with Crippen LogP contribution >= 0.6 is 0 Å². The van der Waals surface area contributed by atoms with E-state index in [1.54, 1.807) is 12.1 Å². The van der Waals surface area contributed by atoms with E-state index in [4.69, 9.17) is 0 Å². The van der Waals surface area contributed by atoms with Crippen LogP contribution in [0.1, 0.15) is 21.8 Å². The van der Waals surface area contributed by atoms with E-state index < -0.39 is 18.3 Å². The molecule has 0 fully saturated rings. The van der Waals surface area contributed by atoms with Crippen molar-refractivity contribution < 1.29 is 18.3 Å². The van der Waals surface area contributed by atoms with Crippen molar-refractivity contribution >= 4 is 5.78 Å². The molecule has 0 N–H and O–H groups in total. The molecule has 0 aliphatic rings. The number of Topliss-reactive ketones (excluding diaryl/α,β-unsaturated/α-hetero) is 1. The Kier molecular flexibility index (Phi) is 4.57. The summed E-state index contributed by atoms with van der Waals surface area (Å²) >= 11 is 0. The van der Waals surface area contributed by atoms with Gasteiger partial charge in [-0.05, 0) is 29.8 Å². The lowest BCUT2D eigenvalue weighted by Gasteiger charge is -2.10. The number of ether oxygens (including phenoxy) is 1. The standard InChI is InChI=1S/C15H10F2N2O2/c16-15(17)21-12-5-3-10(4-6-12)13(8-18)14(20)11-2-1-7-19-9-11/h1-7,9,13,15H. The lowest BCUT2D eigenvalue weighted by atomic mass is 9.92. The van der Waals surface area contributed by atoms with Crippen LogP contribution in [0.3, 0.4) is 0 Å². The third kappa shape index (κ3) is 3.60. The highest BCUT2D eigenvalue weighted by atomic mass is 19.3. The van der Waals surface area contributed by atoms with Crippen LogP contribution in [0.5, 0.6) is 5.75 Å². The number of alkyl halides is 2. The maximum absolute atomic E-state index is 12.2. The number of hydrogen-bond acceptors (Lipinski definition) is 4. The number of nitrogens with zero attached hydrogens (tertiary/aromatic N) is 2. The van der Waals surface area contributed by atoms with Crippen LogP contribution in [-0.2, 0) is 0 Å². The zero-order valence-electron chi connectivity index (χ0n) is 10.7. The van der Waals surface area contributed by atoms with Gasteiger partial charge in [0, 0.05) is 18.0 Å². The molecule has 1 unspecified atom stereocenters. The van der Waals surface area contributed by atoms with Gasteiger partial charge in [0.15, 0.2) is 5.78 Å². The molecule has 2 aromatic rings. The Morgan fingerprint density at radius 1 is 1.24 bits per heavy atom. The zero-order valence-corrected chi connectivity index (χ0v) is 10.7. The van der Waals surface area contributed by atoms with Crippen molar-refractivity contribution in [3.8, 4) is 11.8 Å². The van der Waals surface area contributed by atoms with Crippen molar-refractivity contribution in [2.45, 2.75) is 12.5 Å². The van der Waals surface area contributed by atoms with Gasteiger partial charge in [0.1, 0.15) is 11.7 Å². The van der Waals surface area contributed by atoms with Gasteiger partial charge in [0.25, 0.3) is 0 Å². The highest BCUT2D eigenvalue weighted by molar-refractivity contribution is 6.02. The van der Waals surface area contributed by atoms with Crippen LogP contribution in [0.2, 0.25) is 0 Å². The summed E-state index contributed by atoms with van der Waals surface area (Å²) in [5.74, 6) is -1.44. The van der Waals surface area contributed by atoms with Crippen molar-refractivity contribution in [2.24, 2.45) is 0 Å². The van der Waals surface area contributed by atoms with E-state index in [0.29, 0.717) is 11.1 Å². The first-order chi connectivity index (χ1) is 10.1. The molecule has 0 aliphatic heterocycles. The average Bonchev–Trinajstić information content (AvgIpc) is 2.50. The molecule has 4 nitrogen and oxygen atoms in total. The first kappa shape index (κ1) is 14.6. The summed E-state index contributed by atoms with van der Waals surface area (Å²) in [4.78, 5) is 16.1. The summed E-state index contributed by atoms with van der Waals surface area (Å²) in [5.41, 5.74) is 0.727. The number of nitriles is 1. The minimum Gasteiger partial charge on any atom is -0.435 e. The van der Waals surface area contributed by atoms with Crippen LogP contribution < -0.4 is 4.74 Å². The number of pyridine rings is 1. The smallest absolute Gasteiger partial charge is 0.387 e. The predicted molar refractivity (Wildman–Crippen MR) is 70.0 cm³/mol. The predicted octanol–water partition coefficient (Wildman–Crippen LogP) is 3.17. The number of carbonyl (C=O) groups is 1. The molecule has 21 heavy (non-hydrogen) atoms. The first-order valence-electron chi connectivity index (χ1n) is 6.00. The van der Waals surface area contributed by atoms with E-state index >= 15 is 0 Å². The molecule has 0 saturated carbocycles. The third-order valence-corrected chi connectivity index (χ3v) is 2.78. The van der Waals surface area contributed by atoms with Crippen LogP contribution in [0.4, 0.5) is 8.78 Å². The van der Waals surface area contributed by atoms with Crippen molar-refractivity contribution in [3.63, 3.8) is 0 Å². The van der Waals surface area contributed by atoms with Crippen LogP contribution in [0, 0.1) is 11.3 Å². The van der Waals surface area contributed by atoms with E-state index in [-0.39, 0.29) is 5.75 Å². The normalized spacial score (nSPS) is 11.7. The van der Waals surface area contributed by atoms with Gasteiger partial charge in [0.05, 0.1) is 6.07 Å². The van der Waals surface area contributed by atoms with Crippen LogP contribution in [0.15, 0.2) is 48.8 Å². The molecule has 0 amide bonds. The Labute approximate surface area is 119 Å². The molecule has 0 bridgehead atoms. The fourth-order valence-electron chi connectivity index (χ4n) is 1.80. The zero-order chi connectivity index (χ0) is 15.2. The summed E-state index contributed by atoms with van der Waals surface area (Å²) in [6.45, 7) is -2.92. The summed E-state index contributed by atoms with van der Waals surface area (Å²) in [5, 5.41) is 9.18. The number of aromatic nitrogens is 1. The van der Waals surface area contributed by atoms with Gasteiger partial charge in [-0.25, -0.2) is 0 Å². The number of rotatable bonds is 5. The second-order valence-corrected chi connectivity index (χ2v) is 4.12. The van der Waals surface area contributed by atoms with Gasteiger partial charge in [-0.15, -0.1) is 0 Å². The fraction of sp³-hybridized carbons (Fsp3) is 0.133. The Balaban J connectivity index is 2.22. The molecule has 2 rings (SSSR count). The Morgan fingerprint density at radius 3 is 2.48 bits per heavy atom. The molecule has 1 atom stereocenters. The molecule has 0 saturated heterocycles. The first-order valence-corrected chi connectivity index (χ1v) is 6.00. The van der Waals surface area contributed by atoms with Crippen molar-refractivity contribution in [1.82, 2.24) is 4.98 Å². The number of hydrogen-bond donors (Lipinski definition) is 0. The molecule has 1 heterocycles. The third-order valence-electron chi connectivity index (χ3n) is 2.78. The minimum atomic E-state index is -2.92. The minimum absolute atomic E-state index is 0.0285. The molecule has 0 spiro atoms. The Hall–Kier alpha value is -2.81. The second-order valence-electron chi connectivity index (χ2n) is 4.12. The summed E-state index contributed by atoms with van der Waals surface area (Å²) in [6, 6.07) is 10.5.